The number of imidazole rings is 1. The summed E-state index contributed by atoms with van der Waals surface area (Å²) in [6, 6.07) is 0. The molecule has 6 heteroatoms. The van der Waals surface area contributed by atoms with Gasteiger partial charge in [-0.3, -0.25) is 4.79 Å². The van der Waals surface area contributed by atoms with Crippen molar-refractivity contribution in [2.24, 2.45) is 5.92 Å². The number of rotatable bonds is 4. The molecule has 1 atom stereocenters. The topological polar surface area (TPSA) is 66.0 Å². The van der Waals surface area contributed by atoms with Gasteiger partial charge in [-0.15, -0.1) is 0 Å². The van der Waals surface area contributed by atoms with Crippen LogP contribution in [0.3, 0.4) is 0 Å². The molecule has 1 rings (SSSR count). The number of carbonyl (C=O) groups is 1. The van der Waals surface area contributed by atoms with Crippen LogP contribution in [0, 0.1) is 5.92 Å². The molecule has 0 aliphatic carbocycles. The highest BCUT2D eigenvalue weighted by Gasteiger charge is 2.15. The van der Waals surface area contributed by atoms with Crippen LogP contribution in [0.5, 0.6) is 0 Å². The van der Waals surface area contributed by atoms with E-state index in [-0.39, 0.29) is 6.42 Å². The Balaban J connectivity index is 2.64. The Morgan fingerprint density at radius 1 is 1.71 bits per heavy atom. The smallest absolute Gasteiger partial charge is 0.306 e. The first-order chi connectivity index (χ1) is 6.50. The van der Waals surface area contributed by atoms with Gasteiger partial charge in [0.05, 0.1) is 5.92 Å². The van der Waals surface area contributed by atoms with Crippen LogP contribution < -0.4 is 0 Å². The predicted octanol–water partition coefficient (Wildman–Crippen LogP) is 1.61. The molecule has 0 fully saturated rings. The van der Waals surface area contributed by atoms with Crippen LogP contribution in [-0.2, 0) is 11.2 Å². The molecule has 0 saturated heterocycles. The van der Waals surface area contributed by atoms with Crippen molar-refractivity contribution in [1.82, 2.24) is 9.97 Å². The lowest BCUT2D eigenvalue weighted by Crippen LogP contribution is -2.12. The number of aliphatic carboxylic acids is 1. The number of halogens is 2. The van der Waals surface area contributed by atoms with Crippen molar-refractivity contribution >= 4 is 5.97 Å². The lowest BCUT2D eigenvalue weighted by molar-refractivity contribution is -0.141. The van der Waals surface area contributed by atoms with Crippen molar-refractivity contribution in [3.63, 3.8) is 0 Å². The minimum absolute atomic E-state index is 0.176. The number of alkyl halides is 2. The molecule has 0 aliphatic heterocycles. The normalized spacial score (nSPS) is 13.1. The van der Waals surface area contributed by atoms with E-state index in [2.05, 4.69) is 9.97 Å². The third-order valence-corrected chi connectivity index (χ3v) is 1.80. The van der Waals surface area contributed by atoms with Crippen LogP contribution in [0.15, 0.2) is 6.20 Å². The van der Waals surface area contributed by atoms with Gasteiger partial charge in [0, 0.05) is 18.3 Å². The highest BCUT2D eigenvalue weighted by atomic mass is 19.3. The Morgan fingerprint density at radius 2 is 2.36 bits per heavy atom. The molecule has 0 bridgehead atoms. The molecule has 1 aromatic heterocycles. The van der Waals surface area contributed by atoms with Gasteiger partial charge in [-0.05, 0) is 0 Å². The van der Waals surface area contributed by atoms with Crippen LogP contribution >= 0.6 is 0 Å². The zero-order chi connectivity index (χ0) is 10.7. The standard InChI is InChI=1S/C8H10F2N2O2/c1-4(8(13)14)2-5-3-11-7(12-5)6(9)10/h3-4,6H,2H2,1H3,(H,11,12)(H,13,14). The minimum Gasteiger partial charge on any atom is -0.481 e. The minimum atomic E-state index is -2.65. The highest BCUT2D eigenvalue weighted by Crippen LogP contribution is 2.15. The van der Waals surface area contributed by atoms with Crippen molar-refractivity contribution in [2.45, 2.75) is 19.8 Å². The Bertz CT molecular complexity index is 325. The Morgan fingerprint density at radius 3 is 2.79 bits per heavy atom. The molecule has 2 N–H and O–H groups in total. The van der Waals surface area contributed by atoms with Crippen molar-refractivity contribution in [1.29, 1.82) is 0 Å². The maximum absolute atomic E-state index is 12.1. The van der Waals surface area contributed by atoms with E-state index >= 15 is 0 Å². The van der Waals surface area contributed by atoms with E-state index in [4.69, 9.17) is 5.11 Å². The Hall–Kier alpha value is -1.46. The second-order valence-electron chi connectivity index (χ2n) is 3.04. The molecule has 1 aromatic rings. The number of nitrogens with one attached hydrogen (secondary N) is 1. The number of nitrogens with zero attached hydrogens (tertiary/aromatic N) is 1. The third kappa shape index (κ3) is 2.51. The average Bonchev–Trinajstić information content (AvgIpc) is 2.52. The number of hydrogen-bond acceptors (Lipinski definition) is 2. The Labute approximate surface area is 79.0 Å². The van der Waals surface area contributed by atoms with Gasteiger partial charge in [-0.1, -0.05) is 6.92 Å². The lowest BCUT2D eigenvalue weighted by atomic mass is 10.1. The van der Waals surface area contributed by atoms with E-state index in [1.807, 2.05) is 0 Å². The fourth-order valence-electron chi connectivity index (χ4n) is 1.01. The van der Waals surface area contributed by atoms with E-state index in [1.165, 1.54) is 13.1 Å². The van der Waals surface area contributed by atoms with Crippen LogP contribution in [-0.4, -0.2) is 21.0 Å². The monoisotopic (exact) mass is 204 g/mol. The summed E-state index contributed by atoms with van der Waals surface area (Å²) in [6.45, 7) is 1.51. The molecule has 0 aliphatic rings. The maximum Gasteiger partial charge on any atom is 0.306 e. The molecule has 0 spiro atoms. The van der Waals surface area contributed by atoms with Gasteiger partial charge in [-0.25, -0.2) is 13.8 Å². The van der Waals surface area contributed by atoms with Crippen molar-refractivity contribution in [2.75, 3.05) is 0 Å². The van der Waals surface area contributed by atoms with Crippen LogP contribution in [0.4, 0.5) is 8.78 Å². The van der Waals surface area contributed by atoms with E-state index in [1.54, 1.807) is 0 Å². The summed E-state index contributed by atoms with van der Waals surface area (Å²) in [6.07, 6.45) is -1.24. The average molecular weight is 204 g/mol. The third-order valence-electron chi connectivity index (χ3n) is 1.80. The largest absolute Gasteiger partial charge is 0.481 e. The summed E-state index contributed by atoms with van der Waals surface area (Å²) >= 11 is 0. The summed E-state index contributed by atoms with van der Waals surface area (Å²) in [5.74, 6) is -1.99. The Kier molecular flexibility index (Phi) is 3.16. The van der Waals surface area contributed by atoms with Gasteiger partial charge in [0.2, 0.25) is 0 Å². The molecule has 0 amide bonds. The zero-order valence-electron chi connectivity index (χ0n) is 7.50. The molecule has 14 heavy (non-hydrogen) atoms. The van der Waals surface area contributed by atoms with Gasteiger partial charge in [0.25, 0.3) is 6.43 Å². The fourth-order valence-corrected chi connectivity index (χ4v) is 1.01. The quantitative estimate of drug-likeness (QED) is 0.782. The van der Waals surface area contributed by atoms with Crippen LogP contribution in [0.25, 0.3) is 0 Å². The molecule has 0 radical (unpaired) electrons. The number of carboxylic acid groups (broad SMARTS) is 1. The van der Waals surface area contributed by atoms with E-state index < -0.39 is 24.1 Å². The number of carboxylic acids is 1. The van der Waals surface area contributed by atoms with E-state index in [0.29, 0.717) is 5.69 Å². The first kappa shape index (κ1) is 10.6. The lowest BCUT2D eigenvalue weighted by Gasteiger charge is -2.02. The number of H-pyrrole nitrogens is 1. The SMILES string of the molecule is CC(Cc1cnc(C(F)F)[nH]1)C(=O)O. The van der Waals surface area contributed by atoms with Crippen LogP contribution in [0.1, 0.15) is 24.9 Å². The summed E-state index contributed by atoms with van der Waals surface area (Å²) in [7, 11) is 0. The molecule has 78 valence electrons. The molecule has 0 saturated carbocycles. The molecule has 0 aromatic carbocycles. The van der Waals surface area contributed by atoms with Gasteiger partial charge in [0.15, 0.2) is 5.82 Å². The van der Waals surface area contributed by atoms with Crippen LogP contribution in [0.2, 0.25) is 0 Å². The number of aromatic amines is 1. The van der Waals surface area contributed by atoms with E-state index in [0.717, 1.165) is 0 Å². The van der Waals surface area contributed by atoms with Gasteiger partial charge in [0.1, 0.15) is 0 Å². The van der Waals surface area contributed by atoms with Gasteiger partial charge in [-0.2, -0.15) is 0 Å². The second-order valence-corrected chi connectivity index (χ2v) is 3.04. The van der Waals surface area contributed by atoms with Crippen molar-refractivity contribution < 1.29 is 18.7 Å². The second kappa shape index (κ2) is 4.17. The number of aromatic nitrogens is 2. The van der Waals surface area contributed by atoms with Crippen molar-refractivity contribution in [3.05, 3.63) is 17.7 Å². The molecular weight excluding hydrogens is 194 g/mol. The maximum atomic E-state index is 12.1. The van der Waals surface area contributed by atoms with Crippen molar-refractivity contribution in [3.8, 4) is 0 Å². The summed E-state index contributed by atoms with van der Waals surface area (Å²) in [5, 5.41) is 8.58. The molecule has 4 nitrogen and oxygen atoms in total. The first-order valence-corrected chi connectivity index (χ1v) is 4.05. The molecular formula is C8H10F2N2O2. The summed E-state index contributed by atoms with van der Waals surface area (Å²) in [5.41, 5.74) is 0.412. The first-order valence-electron chi connectivity index (χ1n) is 4.05. The summed E-state index contributed by atoms with van der Waals surface area (Å²) < 4.78 is 24.1. The van der Waals surface area contributed by atoms with Gasteiger partial charge >= 0.3 is 5.97 Å². The number of hydrogen-bond donors (Lipinski definition) is 2. The predicted molar refractivity (Wildman–Crippen MR) is 44.0 cm³/mol. The van der Waals surface area contributed by atoms with Gasteiger partial charge < -0.3 is 10.1 Å². The zero-order valence-corrected chi connectivity index (χ0v) is 7.50. The molecule has 1 heterocycles. The molecule has 1 unspecified atom stereocenters. The summed E-state index contributed by atoms with van der Waals surface area (Å²) in [4.78, 5) is 16.3. The highest BCUT2D eigenvalue weighted by molar-refractivity contribution is 5.69. The van der Waals surface area contributed by atoms with E-state index in [9.17, 15) is 13.6 Å². The fraction of sp³-hybridized carbons (Fsp3) is 0.500.